The SMILES string of the molecule is CC(C)CCC[C@@H](C)NC(=O)[C@H](C)NC(=O)C12CC3CC(CC(C3)C1)C2. The second kappa shape index (κ2) is 7.90. The second-order valence-corrected chi connectivity index (χ2v) is 10.1. The van der Waals surface area contributed by atoms with Crippen LogP contribution in [0.3, 0.4) is 0 Å². The quantitative estimate of drug-likeness (QED) is 0.685. The zero-order chi connectivity index (χ0) is 18.9. The molecular formula is C22H38N2O2. The zero-order valence-electron chi connectivity index (χ0n) is 17.1. The van der Waals surface area contributed by atoms with Crippen molar-refractivity contribution < 1.29 is 9.59 Å². The molecule has 2 N–H and O–H groups in total. The highest BCUT2D eigenvalue weighted by atomic mass is 16.2. The number of carbonyl (C=O) groups is 2. The lowest BCUT2D eigenvalue weighted by Crippen LogP contribution is -2.57. The summed E-state index contributed by atoms with van der Waals surface area (Å²) in [4.78, 5) is 25.5. The van der Waals surface area contributed by atoms with Crippen LogP contribution in [0.5, 0.6) is 0 Å². The van der Waals surface area contributed by atoms with Gasteiger partial charge >= 0.3 is 0 Å². The molecule has 4 saturated carbocycles. The van der Waals surface area contributed by atoms with Crippen molar-refractivity contribution in [1.29, 1.82) is 0 Å². The summed E-state index contributed by atoms with van der Waals surface area (Å²) in [7, 11) is 0. The molecule has 4 aliphatic carbocycles. The average molecular weight is 363 g/mol. The van der Waals surface area contributed by atoms with Gasteiger partial charge in [0.15, 0.2) is 0 Å². The van der Waals surface area contributed by atoms with E-state index >= 15 is 0 Å². The minimum atomic E-state index is -0.442. The van der Waals surface area contributed by atoms with Gasteiger partial charge in [0.25, 0.3) is 0 Å². The summed E-state index contributed by atoms with van der Waals surface area (Å²) in [5.41, 5.74) is -0.174. The van der Waals surface area contributed by atoms with Crippen molar-refractivity contribution >= 4 is 11.8 Å². The van der Waals surface area contributed by atoms with E-state index in [1.165, 1.54) is 25.7 Å². The maximum Gasteiger partial charge on any atom is 0.242 e. The Balaban J connectivity index is 1.47. The molecule has 4 fully saturated rings. The van der Waals surface area contributed by atoms with Gasteiger partial charge in [0.05, 0.1) is 0 Å². The molecule has 0 spiro atoms. The van der Waals surface area contributed by atoms with Gasteiger partial charge in [-0.15, -0.1) is 0 Å². The summed E-state index contributed by atoms with van der Waals surface area (Å²) in [6, 6.07) is -0.275. The third-order valence-electron chi connectivity index (χ3n) is 7.07. The molecule has 0 saturated heterocycles. The van der Waals surface area contributed by atoms with Crippen molar-refractivity contribution in [2.45, 2.75) is 97.6 Å². The van der Waals surface area contributed by atoms with Crippen LogP contribution in [-0.2, 0) is 9.59 Å². The number of rotatable bonds is 8. The molecule has 2 atom stereocenters. The first-order chi connectivity index (χ1) is 12.3. The Bertz CT molecular complexity index is 493. The predicted molar refractivity (Wildman–Crippen MR) is 105 cm³/mol. The van der Waals surface area contributed by atoms with Crippen molar-refractivity contribution in [3.05, 3.63) is 0 Å². The predicted octanol–water partition coefficient (Wildman–Crippen LogP) is 4.04. The van der Waals surface area contributed by atoms with Crippen molar-refractivity contribution in [1.82, 2.24) is 10.6 Å². The highest BCUT2D eigenvalue weighted by Crippen LogP contribution is 2.60. The minimum absolute atomic E-state index is 0.0416. The number of nitrogens with one attached hydrogen (secondary N) is 2. The number of hydrogen-bond donors (Lipinski definition) is 2. The fourth-order valence-electron chi connectivity index (χ4n) is 6.08. The normalized spacial score (nSPS) is 34.6. The van der Waals surface area contributed by atoms with Crippen LogP contribution in [0.15, 0.2) is 0 Å². The molecule has 0 heterocycles. The van der Waals surface area contributed by atoms with E-state index < -0.39 is 6.04 Å². The van der Waals surface area contributed by atoms with E-state index in [0.717, 1.165) is 49.9 Å². The van der Waals surface area contributed by atoms with Gasteiger partial charge in [0.1, 0.15) is 6.04 Å². The number of hydrogen-bond acceptors (Lipinski definition) is 2. The maximum absolute atomic E-state index is 13.1. The topological polar surface area (TPSA) is 58.2 Å². The molecular weight excluding hydrogens is 324 g/mol. The van der Waals surface area contributed by atoms with Crippen molar-refractivity contribution in [2.24, 2.45) is 29.1 Å². The Morgan fingerprint density at radius 1 is 0.885 bits per heavy atom. The van der Waals surface area contributed by atoms with Gasteiger partial charge in [-0.1, -0.05) is 26.7 Å². The smallest absolute Gasteiger partial charge is 0.242 e. The Kier molecular flexibility index (Phi) is 5.98. The minimum Gasteiger partial charge on any atom is -0.352 e. The lowest BCUT2D eigenvalue weighted by atomic mass is 9.49. The van der Waals surface area contributed by atoms with Gasteiger partial charge < -0.3 is 10.6 Å². The van der Waals surface area contributed by atoms with E-state index in [0.29, 0.717) is 5.92 Å². The van der Waals surface area contributed by atoms with E-state index in [1.807, 2.05) is 6.92 Å². The van der Waals surface area contributed by atoms with E-state index in [9.17, 15) is 9.59 Å². The maximum atomic E-state index is 13.1. The van der Waals surface area contributed by atoms with Crippen LogP contribution in [0.1, 0.15) is 85.5 Å². The highest BCUT2D eigenvalue weighted by molar-refractivity contribution is 5.90. The van der Waals surface area contributed by atoms with Crippen molar-refractivity contribution in [2.75, 3.05) is 0 Å². The summed E-state index contributed by atoms with van der Waals surface area (Å²) < 4.78 is 0. The van der Waals surface area contributed by atoms with Gasteiger partial charge in [-0.2, -0.15) is 0 Å². The Morgan fingerprint density at radius 3 is 1.92 bits per heavy atom. The summed E-state index contributed by atoms with van der Waals surface area (Å²) in [5.74, 6) is 3.05. The largest absolute Gasteiger partial charge is 0.352 e. The highest BCUT2D eigenvalue weighted by Gasteiger charge is 2.54. The Morgan fingerprint density at radius 2 is 1.42 bits per heavy atom. The number of amides is 2. The monoisotopic (exact) mass is 362 g/mol. The molecule has 0 radical (unpaired) electrons. The molecule has 4 heteroatoms. The first-order valence-corrected chi connectivity index (χ1v) is 10.9. The van der Waals surface area contributed by atoms with E-state index in [2.05, 4.69) is 31.4 Å². The Hall–Kier alpha value is -1.06. The van der Waals surface area contributed by atoms with E-state index in [-0.39, 0.29) is 23.3 Å². The molecule has 0 aromatic carbocycles. The molecule has 0 unspecified atom stereocenters. The molecule has 0 aliphatic heterocycles. The molecule has 148 valence electrons. The van der Waals surface area contributed by atoms with Gasteiger partial charge in [0.2, 0.25) is 11.8 Å². The first kappa shape index (κ1) is 19.7. The molecule has 0 aromatic rings. The molecule has 0 aromatic heterocycles. The first-order valence-electron chi connectivity index (χ1n) is 10.9. The van der Waals surface area contributed by atoms with Gasteiger partial charge in [0, 0.05) is 11.5 Å². The van der Waals surface area contributed by atoms with Crippen LogP contribution < -0.4 is 10.6 Å². The van der Waals surface area contributed by atoms with Gasteiger partial charge in [-0.05, 0) is 82.5 Å². The number of carbonyl (C=O) groups excluding carboxylic acids is 2. The van der Waals surface area contributed by atoms with Crippen molar-refractivity contribution in [3.63, 3.8) is 0 Å². The molecule has 2 amide bonds. The fourth-order valence-corrected chi connectivity index (χ4v) is 6.08. The molecule has 26 heavy (non-hydrogen) atoms. The molecule has 4 rings (SSSR count). The van der Waals surface area contributed by atoms with Gasteiger partial charge in [-0.25, -0.2) is 0 Å². The van der Waals surface area contributed by atoms with Crippen molar-refractivity contribution in [3.8, 4) is 0 Å². The lowest BCUT2D eigenvalue weighted by Gasteiger charge is -2.55. The van der Waals surface area contributed by atoms with E-state index in [4.69, 9.17) is 0 Å². The van der Waals surface area contributed by atoms with E-state index in [1.54, 1.807) is 0 Å². The third-order valence-corrected chi connectivity index (χ3v) is 7.07. The van der Waals surface area contributed by atoms with Crippen LogP contribution in [0.2, 0.25) is 0 Å². The van der Waals surface area contributed by atoms with Crippen LogP contribution in [0.25, 0.3) is 0 Å². The third kappa shape index (κ3) is 4.43. The summed E-state index contributed by atoms with van der Waals surface area (Å²) in [6.07, 6.45) is 10.5. The second-order valence-electron chi connectivity index (χ2n) is 10.1. The molecule has 4 bridgehead atoms. The molecule has 4 nitrogen and oxygen atoms in total. The summed E-state index contributed by atoms with van der Waals surface area (Å²) in [5, 5.41) is 6.14. The van der Waals surface area contributed by atoms with Crippen LogP contribution in [-0.4, -0.2) is 23.9 Å². The van der Waals surface area contributed by atoms with Crippen LogP contribution >= 0.6 is 0 Å². The van der Waals surface area contributed by atoms with Gasteiger partial charge in [-0.3, -0.25) is 9.59 Å². The summed E-state index contributed by atoms with van der Waals surface area (Å²) >= 11 is 0. The fraction of sp³-hybridized carbons (Fsp3) is 0.909. The average Bonchev–Trinajstić information content (AvgIpc) is 2.52. The lowest BCUT2D eigenvalue weighted by molar-refractivity contribution is -0.148. The summed E-state index contributed by atoms with van der Waals surface area (Å²) in [6.45, 7) is 8.34. The molecule has 4 aliphatic rings. The zero-order valence-corrected chi connectivity index (χ0v) is 17.1. The Labute approximate surface area is 159 Å². The van der Waals surface area contributed by atoms with Crippen LogP contribution in [0, 0.1) is 29.1 Å². The van der Waals surface area contributed by atoms with Crippen LogP contribution in [0.4, 0.5) is 0 Å². The standard InChI is InChI=1S/C22H38N2O2/c1-14(2)6-5-7-15(3)23-20(25)16(4)24-21(26)22-11-17-8-18(12-22)10-19(9-17)13-22/h14-19H,5-13H2,1-4H3,(H,23,25)(H,24,26)/t15-,16+,17?,18?,19?,22?/m1/s1.